The minimum Gasteiger partial charge on any atom is -0.297 e. The van der Waals surface area contributed by atoms with Crippen LogP contribution in [0.1, 0.15) is 112 Å². The van der Waals surface area contributed by atoms with Crippen LogP contribution in [0, 0.1) is 47.3 Å². The zero-order valence-electron chi connectivity index (χ0n) is 20.4. The van der Waals surface area contributed by atoms with E-state index in [-0.39, 0.29) is 0 Å². The van der Waals surface area contributed by atoms with Gasteiger partial charge in [-0.2, -0.15) is 0 Å². The molecule has 5 fully saturated rings. The molecule has 1 nitrogen and oxygen atoms in total. The van der Waals surface area contributed by atoms with E-state index >= 15 is 0 Å². The van der Waals surface area contributed by atoms with Gasteiger partial charge in [0.2, 0.25) is 0 Å². The summed E-state index contributed by atoms with van der Waals surface area (Å²) < 4.78 is 0. The third kappa shape index (κ3) is 4.47. The summed E-state index contributed by atoms with van der Waals surface area (Å²) in [5.74, 6) is 8.47. The molecule has 0 aromatic carbocycles. The fraction of sp³-hybridized carbons (Fsp3) is 1.00. The number of rotatable bonds is 8. The van der Waals surface area contributed by atoms with Gasteiger partial charge in [0.1, 0.15) is 0 Å². The van der Waals surface area contributed by atoms with Gasteiger partial charge in [0.05, 0.1) is 0 Å². The van der Waals surface area contributed by atoms with Crippen LogP contribution >= 0.6 is 0 Å². The van der Waals surface area contributed by atoms with Gasteiger partial charge in [-0.05, 0) is 92.8 Å². The molecule has 0 spiro atoms. The zero-order valence-corrected chi connectivity index (χ0v) is 20.4. The van der Waals surface area contributed by atoms with Gasteiger partial charge in [-0.3, -0.25) is 4.90 Å². The molecule has 2 bridgehead atoms. The Morgan fingerprint density at radius 3 is 2.28 bits per heavy atom. The Morgan fingerprint density at radius 1 is 0.931 bits per heavy atom. The smallest absolute Gasteiger partial charge is 0.00980 e. The van der Waals surface area contributed by atoms with E-state index in [0.29, 0.717) is 0 Å². The standard InChI is InChI=1S/C28H51N/c1-6-10-24-12-9-8-11-22(16-21(5)29(24)18-23-14-13-20(23)4)28-26-17-27(28)25(26)15-19(3)7-2/h19-28H,6-18H2,1-5H3. The van der Waals surface area contributed by atoms with Crippen LogP contribution in [0.2, 0.25) is 0 Å². The summed E-state index contributed by atoms with van der Waals surface area (Å²) in [6, 6.07) is 1.69. The van der Waals surface area contributed by atoms with Gasteiger partial charge >= 0.3 is 0 Å². The second-order valence-electron chi connectivity index (χ2n) is 12.1. The van der Waals surface area contributed by atoms with Crippen LogP contribution in [-0.2, 0) is 0 Å². The van der Waals surface area contributed by atoms with Gasteiger partial charge in [0.15, 0.2) is 0 Å². The quantitative estimate of drug-likeness (QED) is 0.401. The first-order chi connectivity index (χ1) is 14.0. The molecule has 0 aromatic heterocycles. The average Bonchev–Trinajstić information content (AvgIpc) is 2.72. The molecule has 1 heteroatoms. The molecule has 0 N–H and O–H groups in total. The maximum Gasteiger partial charge on any atom is 0.00980 e. The second-order valence-corrected chi connectivity index (χ2v) is 12.1. The lowest BCUT2D eigenvalue weighted by Crippen LogP contribution is -2.62. The maximum atomic E-state index is 3.04. The van der Waals surface area contributed by atoms with Crippen LogP contribution in [0.5, 0.6) is 0 Å². The first-order valence-electron chi connectivity index (χ1n) is 13.8. The van der Waals surface area contributed by atoms with E-state index < -0.39 is 0 Å². The lowest BCUT2D eigenvalue weighted by molar-refractivity contribution is -0.200. The molecule has 1 saturated heterocycles. The highest BCUT2D eigenvalue weighted by Crippen LogP contribution is 2.68. The second kappa shape index (κ2) is 9.62. The molecule has 0 radical (unpaired) electrons. The van der Waals surface area contributed by atoms with Crippen molar-refractivity contribution in [1.82, 2.24) is 4.90 Å². The van der Waals surface area contributed by atoms with Crippen LogP contribution in [0.4, 0.5) is 0 Å². The van der Waals surface area contributed by atoms with Gasteiger partial charge in [0.25, 0.3) is 0 Å². The summed E-state index contributed by atoms with van der Waals surface area (Å²) in [5, 5.41) is 0. The van der Waals surface area contributed by atoms with Crippen molar-refractivity contribution in [3.63, 3.8) is 0 Å². The molecule has 29 heavy (non-hydrogen) atoms. The highest BCUT2D eigenvalue weighted by Gasteiger charge is 2.62. The number of hydrogen-bond acceptors (Lipinski definition) is 1. The monoisotopic (exact) mass is 401 g/mol. The minimum atomic E-state index is 0.815. The molecule has 0 aromatic rings. The van der Waals surface area contributed by atoms with Crippen molar-refractivity contribution < 1.29 is 0 Å². The van der Waals surface area contributed by atoms with E-state index in [1.807, 2.05) is 0 Å². The first kappa shape index (κ1) is 22.2. The molecular formula is C28H51N. The van der Waals surface area contributed by atoms with E-state index in [2.05, 4.69) is 39.5 Å². The van der Waals surface area contributed by atoms with E-state index in [4.69, 9.17) is 0 Å². The van der Waals surface area contributed by atoms with Gasteiger partial charge in [-0.15, -0.1) is 0 Å². The van der Waals surface area contributed by atoms with Gasteiger partial charge < -0.3 is 0 Å². The van der Waals surface area contributed by atoms with Crippen molar-refractivity contribution in [1.29, 1.82) is 0 Å². The zero-order chi connectivity index (χ0) is 20.5. The molecule has 8 unspecified atom stereocenters. The molecule has 1 heterocycles. The highest BCUT2D eigenvalue weighted by molar-refractivity contribution is 5.10. The topological polar surface area (TPSA) is 3.24 Å². The number of nitrogens with zero attached hydrogens (tertiary/aromatic N) is 1. The lowest BCUT2D eigenvalue weighted by atomic mass is 9.37. The normalized spacial score (nSPS) is 46.4. The fourth-order valence-corrected chi connectivity index (χ4v) is 7.93. The van der Waals surface area contributed by atoms with Gasteiger partial charge in [0, 0.05) is 18.6 Å². The Bertz CT molecular complexity index is 504. The largest absolute Gasteiger partial charge is 0.297 e. The molecular weight excluding hydrogens is 350 g/mol. The molecule has 5 rings (SSSR count). The van der Waals surface area contributed by atoms with Crippen molar-refractivity contribution in [2.45, 2.75) is 124 Å². The van der Waals surface area contributed by atoms with E-state index in [0.717, 1.165) is 59.4 Å². The van der Waals surface area contributed by atoms with Crippen LogP contribution in [0.15, 0.2) is 0 Å². The Hall–Kier alpha value is -0.0400. The molecule has 4 aliphatic carbocycles. The first-order valence-corrected chi connectivity index (χ1v) is 13.8. The predicted molar refractivity (Wildman–Crippen MR) is 126 cm³/mol. The molecule has 8 atom stereocenters. The van der Waals surface area contributed by atoms with Crippen LogP contribution in [-0.4, -0.2) is 23.5 Å². The van der Waals surface area contributed by atoms with Crippen LogP contribution in [0.3, 0.4) is 0 Å². The molecule has 5 aliphatic rings. The summed E-state index contributed by atoms with van der Waals surface area (Å²) in [6.45, 7) is 13.8. The SMILES string of the molecule is CCCC1CCCCC(C2C3CC2C3CC(C)CC)CC(C)N1CC1CCC1C. The van der Waals surface area contributed by atoms with Crippen molar-refractivity contribution in [3.05, 3.63) is 0 Å². The number of hydrogen-bond donors (Lipinski definition) is 0. The predicted octanol–water partition coefficient (Wildman–Crippen LogP) is 7.79. The molecule has 1 aliphatic heterocycles. The molecule has 168 valence electrons. The lowest BCUT2D eigenvalue weighted by Gasteiger charge is -2.68. The van der Waals surface area contributed by atoms with Crippen molar-refractivity contribution in [3.8, 4) is 0 Å². The van der Waals surface area contributed by atoms with Crippen LogP contribution < -0.4 is 0 Å². The van der Waals surface area contributed by atoms with E-state index in [1.54, 1.807) is 12.8 Å². The van der Waals surface area contributed by atoms with Crippen molar-refractivity contribution in [2.75, 3.05) is 6.54 Å². The Balaban J connectivity index is 1.39. The Kier molecular flexibility index (Phi) is 7.35. The maximum absolute atomic E-state index is 3.04. The van der Waals surface area contributed by atoms with E-state index in [9.17, 15) is 0 Å². The van der Waals surface area contributed by atoms with Crippen molar-refractivity contribution >= 4 is 0 Å². The third-order valence-corrected chi connectivity index (χ3v) is 10.5. The van der Waals surface area contributed by atoms with Crippen LogP contribution in [0.25, 0.3) is 0 Å². The average molecular weight is 402 g/mol. The highest BCUT2D eigenvalue weighted by atomic mass is 15.2. The van der Waals surface area contributed by atoms with Crippen molar-refractivity contribution in [2.24, 2.45) is 47.3 Å². The Labute approximate surface area is 182 Å². The Morgan fingerprint density at radius 2 is 1.69 bits per heavy atom. The molecule has 4 saturated carbocycles. The molecule has 0 amide bonds. The fourth-order valence-electron chi connectivity index (χ4n) is 7.93. The summed E-state index contributed by atoms with van der Waals surface area (Å²) >= 11 is 0. The summed E-state index contributed by atoms with van der Waals surface area (Å²) in [7, 11) is 0. The minimum absolute atomic E-state index is 0.815. The van der Waals surface area contributed by atoms with E-state index in [1.165, 1.54) is 70.8 Å². The summed E-state index contributed by atoms with van der Waals surface area (Å²) in [6.07, 6.45) is 17.8. The van der Waals surface area contributed by atoms with Gasteiger partial charge in [-0.1, -0.05) is 66.2 Å². The summed E-state index contributed by atoms with van der Waals surface area (Å²) in [4.78, 5) is 3.04. The van der Waals surface area contributed by atoms with Gasteiger partial charge in [-0.25, -0.2) is 0 Å². The summed E-state index contributed by atoms with van der Waals surface area (Å²) in [5.41, 5.74) is 0. The third-order valence-electron chi connectivity index (χ3n) is 10.5.